The van der Waals surface area contributed by atoms with E-state index in [1.54, 1.807) is 4.68 Å². The summed E-state index contributed by atoms with van der Waals surface area (Å²) >= 11 is 3.53. The number of hydrogen-bond donors (Lipinski definition) is 1. The van der Waals surface area contributed by atoms with Crippen LogP contribution in [0, 0.1) is 5.92 Å². The van der Waals surface area contributed by atoms with Crippen LogP contribution in [0.25, 0.3) is 10.9 Å². The van der Waals surface area contributed by atoms with E-state index in [4.69, 9.17) is 0 Å². The van der Waals surface area contributed by atoms with Crippen molar-refractivity contribution < 1.29 is 4.79 Å². The molecule has 22 heavy (non-hydrogen) atoms. The second-order valence-electron chi connectivity index (χ2n) is 6.17. The fourth-order valence-electron chi connectivity index (χ4n) is 3.32. The van der Waals surface area contributed by atoms with Gasteiger partial charge in [-0.25, -0.2) is 0 Å². The lowest BCUT2D eigenvalue weighted by molar-refractivity contribution is 0.0941. The Labute approximate surface area is 139 Å². The number of nitrogens with zero attached hydrogens (tertiary/aromatic N) is 2. The number of benzene rings is 1. The standard InChI is InChI=1S/C17H22BrN3O/c1-21-14-10-6-9-13(18)15(14)16(20-21)17(22)19-11-12-7-4-2-3-5-8-12/h6,9-10,12H,2-5,7-8,11H2,1H3,(H,19,22). The van der Waals surface area contributed by atoms with E-state index in [2.05, 4.69) is 26.3 Å². The van der Waals surface area contributed by atoms with Crippen LogP contribution in [0.15, 0.2) is 22.7 Å². The van der Waals surface area contributed by atoms with Crippen LogP contribution >= 0.6 is 15.9 Å². The van der Waals surface area contributed by atoms with Crippen molar-refractivity contribution in [2.75, 3.05) is 6.54 Å². The predicted molar refractivity (Wildman–Crippen MR) is 91.9 cm³/mol. The largest absolute Gasteiger partial charge is 0.350 e. The second kappa shape index (κ2) is 6.82. The molecule has 5 heteroatoms. The first-order valence-electron chi connectivity index (χ1n) is 8.06. The van der Waals surface area contributed by atoms with Crippen molar-refractivity contribution in [1.29, 1.82) is 0 Å². The van der Waals surface area contributed by atoms with E-state index in [0.29, 0.717) is 11.6 Å². The molecule has 0 aliphatic heterocycles. The van der Waals surface area contributed by atoms with Gasteiger partial charge in [-0.1, -0.05) is 47.7 Å². The molecule has 0 unspecified atom stereocenters. The molecule has 1 aliphatic carbocycles. The van der Waals surface area contributed by atoms with Crippen molar-refractivity contribution in [1.82, 2.24) is 15.1 Å². The first kappa shape index (κ1) is 15.5. The molecule has 2 aromatic rings. The highest BCUT2D eigenvalue weighted by Crippen LogP contribution is 2.27. The minimum Gasteiger partial charge on any atom is -0.350 e. The maximum atomic E-state index is 12.5. The van der Waals surface area contributed by atoms with Gasteiger partial charge < -0.3 is 5.32 Å². The van der Waals surface area contributed by atoms with Gasteiger partial charge in [-0.05, 0) is 30.9 Å². The van der Waals surface area contributed by atoms with Gasteiger partial charge in [0, 0.05) is 23.5 Å². The summed E-state index contributed by atoms with van der Waals surface area (Å²) < 4.78 is 2.68. The van der Waals surface area contributed by atoms with Crippen LogP contribution in [-0.2, 0) is 7.05 Å². The van der Waals surface area contributed by atoms with Crippen molar-refractivity contribution in [2.24, 2.45) is 13.0 Å². The van der Waals surface area contributed by atoms with Gasteiger partial charge in [0.2, 0.25) is 0 Å². The summed E-state index contributed by atoms with van der Waals surface area (Å²) in [5, 5.41) is 8.39. The smallest absolute Gasteiger partial charge is 0.272 e. The Morgan fingerprint density at radius 1 is 1.32 bits per heavy atom. The highest BCUT2D eigenvalue weighted by molar-refractivity contribution is 9.10. The molecule has 1 aliphatic rings. The van der Waals surface area contributed by atoms with Crippen LogP contribution in [0.2, 0.25) is 0 Å². The highest BCUT2D eigenvalue weighted by Gasteiger charge is 2.19. The van der Waals surface area contributed by atoms with Crippen LogP contribution in [-0.4, -0.2) is 22.2 Å². The number of fused-ring (bicyclic) bond motifs is 1. The number of amides is 1. The van der Waals surface area contributed by atoms with Gasteiger partial charge in [0.05, 0.1) is 5.52 Å². The third kappa shape index (κ3) is 3.19. The molecule has 118 valence electrons. The summed E-state index contributed by atoms with van der Waals surface area (Å²) in [4.78, 5) is 12.5. The first-order valence-corrected chi connectivity index (χ1v) is 8.85. The van der Waals surface area contributed by atoms with Gasteiger partial charge in [0.1, 0.15) is 0 Å². The van der Waals surface area contributed by atoms with Crippen LogP contribution in [0.4, 0.5) is 0 Å². The quantitative estimate of drug-likeness (QED) is 0.836. The zero-order valence-electron chi connectivity index (χ0n) is 12.9. The topological polar surface area (TPSA) is 46.9 Å². The highest BCUT2D eigenvalue weighted by atomic mass is 79.9. The Balaban J connectivity index is 1.75. The predicted octanol–water partition coefficient (Wildman–Crippen LogP) is 4.04. The van der Waals surface area contributed by atoms with Crippen molar-refractivity contribution in [3.63, 3.8) is 0 Å². The average molecular weight is 364 g/mol. The van der Waals surface area contributed by atoms with Gasteiger partial charge in [-0.15, -0.1) is 0 Å². The summed E-state index contributed by atoms with van der Waals surface area (Å²) in [5.74, 6) is 0.548. The third-order valence-electron chi connectivity index (χ3n) is 4.57. The van der Waals surface area contributed by atoms with E-state index < -0.39 is 0 Å². The number of hydrogen-bond acceptors (Lipinski definition) is 2. The molecule has 1 amide bonds. The molecule has 0 saturated heterocycles. The number of nitrogens with one attached hydrogen (secondary N) is 1. The zero-order valence-corrected chi connectivity index (χ0v) is 14.5. The molecule has 1 N–H and O–H groups in total. The molecule has 1 aromatic heterocycles. The van der Waals surface area contributed by atoms with Crippen LogP contribution in [0.5, 0.6) is 0 Å². The number of halogens is 1. The maximum absolute atomic E-state index is 12.5. The fourth-order valence-corrected chi connectivity index (χ4v) is 3.86. The molecule has 1 fully saturated rings. The molecule has 4 nitrogen and oxygen atoms in total. The van der Waals surface area contributed by atoms with E-state index in [1.807, 2.05) is 25.2 Å². The lowest BCUT2D eigenvalue weighted by Crippen LogP contribution is -2.29. The second-order valence-corrected chi connectivity index (χ2v) is 7.03. The van der Waals surface area contributed by atoms with Crippen LogP contribution < -0.4 is 5.32 Å². The minimum absolute atomic E-state index is 0.0678. The van der Waals surface area contributed by atoms with Gasteiger partial charge in [-0.2, -0.15) is 5.10 Å². The van der Waals surface area contributed by atoms with Crippen molar-refractivity contribution >= 4 is 32.7 Å². The number of aryl methyl sites for hydroxylation is 1. The summed E-state index contributed by atoms with van der Waals surface area (Å²) in [7, 11) is 1.87. The molecule has 3 rings (SSSR count). The molecule has 0 radical (unpaired) electrons. The molecular weight excluding hydrogens is 342 g/mol. The molecule has 0 bridgehead atoms. The Hall–Kier alpha value is -1.36. The number of rotatable bonds is 3. The zero-order chi connectivity index (χ0) is 15.5. The molecule has 0 atom stereocenters. The number of aromatic nitrogens is 2. The normalized spacial score (nSPS) is 16.6. The van der Waals surface area contributed by atoms with E-state index in [-0.39, 0.29) is 5.91 Å². The molecule has 1 heterocycles. The SMILES string of the molecule is Cn1nc(C(=O)NCC2CCCCCC2)c2c(Br)cccc21. The van der Waals surface area contributed by atoms with Crippen molar-refractivity contribution in [3.8, 4) is 0 Å². The van der Waals surface area contributed by atoms with Gasteiger partial charge in [-0.3, -0.25) is 9.48 Å². The number of carbonyl (C=O) groups is 1. The van der Waals surface area contributed by atoms with Crippen molar-refractivity contribution in [3.05, 3.63) is 28.4 Å². The Kier molecular flexibility index (Phi) is 4.81. The lowest BCUT2D eigenvalue weighted by Gasteiger charge is -2.14. The fraction of sp³-hybridized carbons (Fsp3) is 0.529. The maximum Gasteiger partial charge on any atom is 0.272 e. The van der Waals surface area contributed by atoms with Crippen LogP contribution in [0.1, 0.15) is 49.0 Å². The molecule has 0 spiro atoms. The molecule has 1 saturated carbocycles. The average Bonchev–Trinajstić information content (AvgIpc) is 2.70. The van der Waals surface area contributed by atoms with Gasteiger partial charge in [0.25, 0.3) is 5.91 Å². The molecule has 1 aromatic carbocycles. The van der Waals surface area contributed by atoms with Crippen molar-refractivity contribution in [2.45, 2.75) is 38.5 Å². The summed E-state index contributed by atoms with van der Waals surface area (Å²) in [6.45, 7) is 0.765. The van der Waals surface area contributed by atoms with E-state index in [0.717, 1.165) is 21.9 Å². The third-order valence-corrected chi connectivity index (χ3v) is 5.23. The Morgan fingerprint density at radius 2 is 2.05 bits per heavy atom. The van der Waals surface area contributed by atoms with E-state index in [9.17, 15) is 4.79 Å². The summed E-state index contributed by atoms with van der Waals surface area (Å²) in [6, 6.07) is 5.89. The Morgan fingerprint density at radius 3 is 2.77 bits per heavy atom. The summed E-state index contributed by atoms with van der Waals surface area (Å²) in [6.07, 6.45) is 7.71. The van der Waals surface area contributed by atoms with Gasteiger partial charge >= 0.3 is 0 Å². The lowest BCUT2D eigenvalue weighted by atomic mass is 10.0. The van der Waals surface area contributed by atoms with Crippen LogP contribution in [0.3, 0.4) is 0 Å². The number of carbonyl (C=O) groups excluding carboxylic acids is 1. The molecular formula is C17H22BrN3O. The van der Waals surface area contributed by atoms with E-state index in [1.165, 1.54) is 38.5 Å². The monoisotopic (exact) mass is 363 g/mol. The summed E-state index contributed by atoms with van der Waals surface area (Å²) in [5.41, 5.74) is 1.48. The Bertz CT molecular complexity index is 672. The minimum atomic E-state index is -0.0678. The first-order chi connectivity index (χ1) is 10.7. The van der Waals surface area contributed by atoms with E-state index >= 15 is 0 Å². The van der Waals surface area contributed by atoms with Gasteiger partial charge in [0.15, 0.2) is 5.69 Å².